The second-order valence-electron chi connectivity index (χ2n) is 6.03. The summed E-state index contributed by atoms with van der Waals surface area (Å²) in [6.45, 7) is 2.57. The summed E-state index contributed by atoms with van der Waals surface area (Å²) >= 11 is 1.98. The first-order valence-corrected chi connectivity index (χ1v) is 9.00. The van der Waals surface area contributed by atoms with Gasteiger partial charge in [-0.1, -0.05) is 12.8 Å². The standard InChI is InChI=1S/C15H28N2OS/c1-16(13-7-8-14(11-13)19-2)12-15(18)17-9-5-3-4-6-10-17/h13-14H,3-12H2,1-2H3/t13-,14+/m0/s1. The lowest BCUT2D eigenvalue weighted by atomic mass is 10.2. The summed E-state index contributed by atoms with van der Waals surface area (Å²) in [6, 6.07) is 0.619. The summed E-state index contributed by atoms with van der Waals surface area (Å²) in [6.07, 6.45) is 11.0. The molecule has 3 nitrogen and oxygen atoms in total. The Morgan fingerprint density at radius 2 is 1.89 bits per heavy atom. The highest BCUT2D eigenvalue weighted by Crippen LogP contribution is 2.30. The fourth-order valence-corrected chi connectivity index (χ4v) is 4.08. The zero-order valence-corrected chi connectivity index (χ0v) is 13.3. The van der Waals surface area contributed by atoms with Crippen LogP contribution in [-0.2, 0) is 4.79 Å². The summed E-state index contributed by atoms with van der Waals surface area (Å²) in [4.78, 5) is 16.7. The SMILES string of the molecule is CS[C@@H]1CC[C@H](N(C)CC(=O)N2CCCCCC2)C1. The Morgan fingerprint density at radius 3 is 2.47 bits per heavy atom. The minimum absolute atomic E-state index is 0.344. The maximum absolute atomic E-state index is 12.3. The van der Waals surface area contributed by atoms with E-state index in [4.69, 9.17) is 0 Å². The van der Waals surface area contributed by atoms with Gasteiger partial charge in [-0.2, -0.15) is 11.8 Å². The Kier molecular flexibility index (Phi) is 6.02. The molecule has 1 saturated carbocycles. The van der Waals surface area contributed by atoms with Crippen LogP contribution in [0.5, 0.6) is 0 Å². The fraction of sp³-hybridized carbons (Fsp3) is 0.933. The Bertz CT molecular complexity index is 290. The normalized spacial score (nSPS) is 28.7. The quantitative estimate of drug-likeness (QED) is 0.793. The minimum atomic E-state index is 0.344. The van der Waals surface area contributed by atoms with E-state index in [9.17, 15) is 4.79 Å². The number of thioether (sulfide) groups is 1. The van der Waals surface area contributed by atoms with Crippen molar-refractivity contribution in [3.8, 4) is 0 Å². The molecule has 0 aromatic carbocycles. The molecule has 0 spiro atoms. The van der Waals surface area contributed by atoms with Crippen molar-refractivity contribution in [3.05, 3.63) is 0 Å². The van der Waals surface area contributed by atoms with Crippen LogP contribution in [0.1, 0.15) is 44.9 Å². The Morgan fingerprint density at radius 1 is 1.21 bits per heavy atom. The first-order chi connectivity index (χ1) is 9.20. The molecule has 19 heavy (non-hydrogen) atoms. The minimum Gasteiger partial charge on any atom is -0.342 e. The molecule has 1 amide bonds. The number of carbonyl (C=O) groups excluding carboxylic acids is 1. The molecule has 0 aromatic heterocycles. The number of hydrogen-bond donors (Lipinski definition) is 0. The second kappa shape index (κ2) is 7.53. The third kappa shape index (κ3) is 4.38. The molecular weight excluding hydrogens is 256 g/mol. The molecule has 0 radical (unpaired) electrons. The molecule has 2 rings (SSSR count). The molecule has 1 aliphatic heterocycles. The van der Waals surface area contributed by atoms with Crippen molar-refractivity contribution in [1.29, 1.82) is 0 Å². The zero-order valence-electron chi connectivity index (χ0n) is 12.4. The van der Waals surface area contributed by atoms with Crippen molar-refractivity contribution in [3.63, 3.8) is 0 Å². The summed E-state index contributed by atoms with van der Waals surface area (Å²) in [5.74, 6) is 0.344. The summed E-state index contributed by atoms with van der Waals surface area (Å²) in [5, 5.41) is 0.806. The van der Waals surface area contributed by atoms with Gasteiger partial charge >= 0.3 is 0 Å². The number of nitrogens with zero attached hydrogens (tertiary/aromatic N) is 2. The van der Waals surface area contributed by atoms with Crippen LogP contribution in [0.3, 0.4) is 0 Å². The van der Waals surface area contributed by atoms with Gasteiger partial charge in [-0.3, -0.25) is 9.69 Å². The third-order valence-electron chi connectivity index (χ3n) is 4.66. The summed E-state index contributed by atoms with van der Waals surface area (Å²) in [7, 11) is 2.13. The number of hydrogen-bond acceptors (Lipinski definition) is 3. The Hall–Kier alpha value is -0.220. The molecule has 2 atom stereocenters. The molecule has 1 saturated heterocycles. The van der Waals surface area contributed by atoms with E-state index in [2.05, 4.69) is 23.1 Å². The number of rotatable bonds is 4. The number of amides is 1. The van der Waals surface area contributed by atoms with Crippen molar-refractivity contribution in [1.82, 2.24) is 9.80 Å². The average Bonchev–Trinajstić information content (AvgIpc) is 2.73. The van der Waals surface area contributed by atoms with Gasteiger partial charge in [-0.15, -0.1) is 0 Å². The van der Waals surface area contributed by atoms with Gasteiger partial charge in [-0.05, 0) is 45.4 Å². The predicted molar refractivity (Wildman–Crippen MR) is 82.6 cm³/mol. The molecule has 0 N–H and O–H groups in total. The molecule has 0 aromatic rings. The molecule has 110 valence electrons. The second-order valence-corrected chi connectivity index (χ2v) is 7.17. The average molecular weight is 284 g/mol. The van der Waals surface area contributed by atoms with E-state index in [-0.39, 0.29) is 0 Å². The van der Waals surface area contributed by atoms with Gasteiger partial charge in [-0.25, -0.2) is 0 Å². The maximum Gasteiger partial charge on any atom is 0.236 e. The maximum atomic E-state index is 12.3. The lowest BCUT2D eigenvalue weighted by molar-refractivity contribution is -0.132. The van der Waals surface area contributed by atoms with Gasteiger partial charge in [0.05, 0.1) is 6.54 Å². The van der Waals surface area contributed by atoms with Crippen LogP contribution in [0, 0.1) is 0 Å². The highest BCUT2D eigenvalue weighted by atomic mass is 32.2. The van der Waals surface area contributed by atoms with Gasteiger partial charge in [0.25, 0.3) is 0 Å². The third-order valence-corrected chi connectivity index (χ3v) is 5.75. The first kappa shape index (κ1) is 15.2. The molecule has 1 aliphatic carbocycles. The summed E-state index contributed by atoms with van der Waals surface area (Å²) in [5.41, 5.74) is 0. The van der Waals surface area contributed by atoms with Crippen LogP contribution in [-0.4, -0.2) is 59.9 Å². The van der Waals surface area contributed by atoms with Crippen LogP contribution in [0.4, 0.5) is 0 Å². The van der Waals surface area contributed by atoms with Gasteiger partial charge in [0.1, 0.15) is 0 Å². The van der Waals surface area contributed by atoms with Crippen LogP contribution in [0.25, 0.3) is 0 Å². The van der Waals surface area contributed by atoms with Gasteiger partial charge in [0.15, 0.2) is 0 Å². The van der Waals surface area contributed by atoms with Crippen LogP contribution < -0.4 is 0 Å². The van der Waals surface area contributed by atoms with Crippen LogP contribution >= 0.6 is 11.8 Å². The largest absolute Gasteiger partial charge is 0.342 e. The number of likely N-dealkylation sites (tertiary alicyclic amines) is 1. The van der Waals surface area contributed by atoms with E-state index in [1.54, 1.807) is 0 Å². The molecule has 2 aliphatic rings. The molecule has 0 unspecified atom stereocenters. The Labute approximate surface area is 122 Å². The van der Waals surface area contributed by atoms with Gasteiger partial charge in [0, 0.05) is 24.4 Å². The highest BCUT2D eigenvalue weighted by Gasteiger charge is 2.28. The number of carbonyl (C=O) groups is 1. The monoisotopic (exact) mass is 284 g/mol. The van der Waals surface area contributed by atoms with Crippen molar-refractivity contribution in [2.75, 3.05) is 32.9 Å². The smallest absolute Gasteiger partial charge is 0.236 e. The molecule has 4 heteroatoms. The molecule has 2 fully saturated rings. The van der Waals surface area contributed by atoms with Crippen LogP contribution in [0.15, 0.2) is 0 Å². The topological polar surface area (TPSA) is 23.6 Å². The predicted octanol–water partition coefficient (Wildman–Crippen LogP) is 2.60. The highest BCUT2D eigenvalue weighted by molar-refractivity contribution is 7.99. The molecular formula is C15H28N2OS. The van der Waals surface area contributed by atoms with E-state index >= 15 is 0 Å². The van der Waals surface area contributed by atoms with Crippen LogP contribution in [0.2, 0.25) is 0 Å². The van der Waals surface area contributed by atoms with Crippen molar-refractivity contribution in [2.45, 2.75) is 56.2 Å². The van der Waals surface area contributed by atoms with E-state index in [1.165, 1.54) is 44.9 Å². The molecule has 0 bridgehead atoms. The van der Waals surface area contributed by atoms with E-state index in [0.717, 1.165) is 18.3 Å². The van der Waals surface area contributed by atoms with Crippen molar-refractivity contribution >= 4 is 17.7 Å². The van der Waals surface area contributed by atoms with Gasteiger partial charge < -0.3 is 4.90 Å². The molecule has 1 heterocycles. The van der Waals surface area contributed by atoms with E-state index in [1.807, 2.05) is 11.8 Å². The van der Waals surface area contributed by atoms with Gasteiger partial charge in [0.2, 0.25) is 5.91 Å². The number of likely N-dealkylation sites (N-methyl/N-ethyl adjacent to an activating group) is 1. The van der Waals surface area contributed by atoms with Crippen molar-refractivity contribution in [2.24, 2.45) is 0 Å². The first-order valence-electron chi connectivity index (χ1n) is 7.71. The van der Waals surface area contributed by atoms with Crippen molar-refractivity contribution < 1.29 is 4.79 Å². The lowest BCUT2D eigenvalue weighted by Crippen LogP contribution is -2.42. The lowest BCUT2D eigenvalue weighted by Gasteiger charge is -2.27. The fourth-order valence-electron chi connectivity index (χ4n) is 3.29. The van der Waals surface area contributed by atoms with E-state index in [0.29, 0.717) is 18.5 Å². The Balaban J connectivity index is 1.77. The zero-order chi connectivity index (χ0) is 13.7. The summed E-state index contributed by atoms with van der Waals surface area (Å²) < 4.78 is 0. The van der Waals surface area contributed by atoms with E-state index < -0.39 is 0 Å².